The van der Waals surface area contributed by atoms with Crippen molar-refractivity contribution in [1.82, 2.24) is 16.0 Å². The van der Waals surface area contributed by atoms with Crippen molar-refractivity contribution in [2.75, 3.05) is 139 Å². The van der Waals surface area contributed by atoms with Gasteiger partial charge in [-0.15, -0.1) is 0 Å². The predicted octanol–water partition coefficient (Wildman–Crippen LogP) is -0.137. The number of carbonyl (C=O) groups excluding carboxylic acids is 4. The second-order valence-corrected chi connectivity index (χ2v) is 31.8. The van der Waals surface area contributed by atoms with Gasteiger partial charge in [0.25, 0.3) is 0 Å². The van der Waals surface area contributed by atoms with Gasteiger partial charge in [0.2, 0.25) is 17.7 Å². The van der Waals surface area contributed by atoms with Crippen LogP contribution < -0.4 is 16.0 Å². The fourth-order valence-corrected chi connectivity index (χ4v) is 13.9. The van der Waals surface area contributed by atoms with Crippen LogP contribution in [-0.2, 0) is 128 Å². The van der Waals surface area contributed by atoms with E-state index in [1.54, 1.807) is 30.3 Å². The van der Waals surface area contributed by atoms with Gasteiger partial charge in [-0.1, -0.05) is 43.2 Å². The second-order valence-electron chi connectivity index (χ2n) is 26.0. The van der Waals surface area contributed by atoms with E-state index >= 15 is 0 Å². The molecular formula is C64H115N3O40P4. The molecule has 0 radical (unpaired) electrons. The van der Waals surface area contributed by atoms with Gasteiger partial charge in [-0.05, 0) is 76.2 Å². The third-order valence-electron chi connectivity index (χ3n) is 16.5. The highest BCUT2D eigenvalue weighted by Crippen LogP contribution is 2.46. The van der Waals surface area contributed by atoms with Crippen molar-refractivity contribution >= 4 is 55.2 Å². The number of hydrogen-bond acceptors (Lipinski definition) is 36. The minimum Gasteiger partial charge on any atom is -0.429 e. The number of phosphoric acid groups is 4. The van der Waals surface area contributed by atoms with Crippen LogP contribution in [0.4, 0.5) is 4.79 Å². The Morgan fingerprint density at radius 2 is 0.649 bits per heavy atom. The number of benzene rings is 1. The Morgan fingerprint density at radius 3 is 0.955 bits per heavy atom. The largest absolute Gasteiger partial charge is 0.531 e. The highest BCUT2D eigenvalue weighted by molar-refractivity contribution is 7.48. The molecule has 1 aromatic carbocycles. The van der Waals surface area contributed by atoms with E-state index in [1.807, 2.05) is 0 Å². The summed E-state index contributed by atoms with van der Waals surface area (Å²) in [5.41, 5.74) is -0.567. The Morgan fingerprint density at radius 1 is 0.378 bits per heavy atom. The van der Waals surface area contributed by atoms with E-state index in [1.165, 1.54) is 20.8 Å². The quantitative estimate of drug-likeness (QED) is 0.0229. The first-order valence-corrected chi connectivity index (χ1v) is 42.3. The Balaban J connectivity index is 1.34. The lowest BCUT2D eigenvalue weighted by Gasteiger charge is -2.42. The number of aliphatic hydroxyl groups is 9. The molecule has 16 N–H and O–H groups in total. The van der Waals surface area contributed by atoms with Crippen molar-refractivity contribution in [2.24, 2.45) is 5.41 Å². The van der Waals surface area contributed by atoms with Gasteiger partial charge in [-0.3, -0.25) is 50.9 Å². The minimum absolute atomic E-state index is 0.0338. The number of amides is 3. The Labute approximate surface area is 643 Å². The number of hydrogen-bond donors (Lipinski definition) is 16. The normalized spacial score (nSPS) is 27.0. The number of ether oxygens (including phenoxy) is 11. The van der Waals surface area contributed by atoms with E-state index in [2.05, 4.69) is 20.5 Å². The molecule has 111 heavy (non-hydrogen) atoms. The fraction of sp³-hybridized carbons (Fsp3) is 0.844. The van der Waals surface area contributed by atoms with Gasteiger partial charge < -0.3 is 133 Å². The van der Waals surface area contributed by atoms with Crippen LogP contribution in [0.3, 0.4) is 0 Å². The smallest absolute Gasteiger partial charge is 0.429 e. The van der Waals surface area contributed by atoms with Crippen molar-refractivity contribution in [3.8, 4) is 0 Å². The molecule has 3 saturated heterocycles. The van der Waals surface area contributed by atoms with Gasteiger partial charge in [0.15, 0.2) is 18.9 Å². The van der Waals surface area contributed by atoms with Gasteiger partial charge in [-0.25, -0.2) is 23.1 Å². The molecule has 646 valence electrons. The molecule has 3 aliphatic rings. The molecule has 4 rings (SSSR count). The van der Waals surface area contributed by atoms with E-state index < -0.39 is 172 Å². The van der Waals surface area contributed by atoms with Gasteiger partial charge in [0, 0.05) is 67.0 Å². The predicted molar refractivity (Wildman–Crippen MR) is 378 cm³/mol. The van der Waals surface area contributed by atoms with Crippen LogP contribution in [0.2, 0.25) is 0 Å². The molecule has 0 spiro atoms. The van der Waals surface area contributed by atoms with Crippen molar-refractivity contribution in [3.05, 3.63) is 35.9 Å². The van der Waals surface area contributed by atoms with E-state index in [9.17, 15) is 103 Å². The van der Waals surface area contributed by atoms with E-state index in [0.717, 1.165) is 0 Å². The monoisotopic (exact) mass is 1690 g/mol. The first kappa shape index (κ1) is 100.0. The summed E-state index contributed by atoms with van der Waals surface area (Å²) in [6, 6.07) is 5.02. The van der Waals surface area contributed by atoms with Crippen LogP contribution in [0.15, 0.2) is 30.3 Å². The zero-order valence-electron chi connectivity index (χ0n) is 62.4. The molecule has 19 unspecified atom stereocenters. The zero-order chi connectivity index (χ0) is 81.9. The summed E-state index contributed by atoms with van der Waals surface area (Å²) in [6.45, 7) is -1.58. The Kier molecular flexibility index (Phi) is 48.5. The summed E-state index contributed by atoms with van der Waals surface area (Å²) in [5, 5.41) is 98.5. The third-order valence-corrected chi connectivity index (χ3v) is 20.4. The van der Waals surface area contributed by atoms with Crippen LogP contribution in [-0.4, -0.2) is 320 Å². The first-order valence-electron chi connectivity index (χ1n) is 36.3. The molecule has 0 aliphatic carbocycles. The molecule has 0 bridgehead atoms. The van der Waals surface area contributed by atoms with Gasteiger partial charge in [0.05, 0.1) is 97.9 Å². The van der Waals surface area contributed by atoms with E-state index in [-0.39, 0.29) is 190 Å². The second kappa shape index (κ2) is 53.8. The van der Waals surface area contributed by atoms with Crippen molar-refractivity contribution in [3.63, 3.8) is 0 Å². The maximum atomic E-state index is 12.9. The zero-order valence-corrected chi connectivity index (χ0v) is 66.0. The van der Waals surface area contributed by atoms with Crippen molar-refractivity contribution in [1.29, 1.82) is 0 Å². The lowest BCUT2D eigenvalue weighted by atomic mass is 9.92. The number of phosphoric ester groups is 4. The van der Waals surface area contributed by atoms with Crippen LogP contribution in [0.25, 0.3) is 0 Å². The number of rotatable bonds is 61. The molecule has 43 nitrogen and oxygen atoms in total. The maximum Gasteiger partial charge on any atom is 0.531 e. The van der Waals surface area contributed by atoms with Gasteiger partial charge in [0.1, 0.15) is 79.7 Å². The average Bonchev–Trinajstić information content (AvgIpc) is 0.818. The van der Waals surface area contributed by atoms with E-state index in [4.69, 9.17) is 83.8 Å². The molecule has 3 aliphatic heterocycles. The van der Waals surface area contributed by atoms with Gasteiger partial charge >= 0.3 is 37.4 Å². The highest BCUT2D eigenvalue weighted by atomic mass is 31.2. The van der Waals surface area contributed by atoms with E-state index in [0.29, 0.717) is 24.8 Å². The molecule has 19 atom stereocenters. The molecular weight excluding hydrogens is 1570 g/mol. The Hall–Kier alpha value is -3.38. The summed E-state index contributed by atoms with van der Waals surface area (Å²) in [5.74, 6) is -1.64. The number of unbranched alkanes of at least 4 members (excludes halogenated alkanes) is 6. The molecule has 1 aromatic rings. The lowest BCUT2D eigenvalue weighted by molar-refractivity contribution is -0.270. The fourth-order valence-electron chi connectivity index (χ4n) is 10.8. The maximum absolute atomic E-state index is 12.9. The lowest BCUT2D eigenvalue weighted by Crippen LogP contribution is -2.64. The molecule has 3 amide bonds. The standard InChI is InChI=1S/C64H115N3O40P4/c1-44(71)65-51-57(77)54(74)48(36-68)104-60(51)93-26-11-14-30-97-108(81,82)100-33-17-23-90-41-64(40-89-22-9-4-5-10-29-103-111(87,88)107-63(80)96-39-47-20-7-6-8-21-47,42-91-24-18-34-101-109(83,84)98-31-15-12-27-94-61-52(66-45(2)72)58(78)55(75)49(37-69)105-61)43-92-25-19-35-102-110(85,86)99-32-16-13-28-95-62-53(67-46(3)73)59(79)56(76)50(38-70)106-62/h6-8,20-21,48-62,68-70,74-79H,4-5,9-19,22-43H2,1-3H3,(H,65,71)(H,66,72)(H,67,73)(H,81,82)(H,83,84)(H,85,86)(H,87,88). The number of aliphatic hydroxyl groups excluding tert-OH is 9. The van der Waals surface area contributed by atoms with Crippen LogP contribution in [0.5, 0.6) is 0 Å². The summed E-state index contributed by atoms with van der Waals surface area (Å²) in [4.78, 5) is 88.9. The molecule has 47 heteroatoms. The topological polar surface area (TPSA) is 611 Å². The highest BCUT2D eigenvalue weighted by Gasteiger charge is 2.48. The number of nitrogens with one attached hydrogen (secondary N) is 3. The molecule has 3 fully saturated rings. The summed E-state index contributed by atoms with van der Waals surface area (Å²) >= 11 is 0. The molecule has 0 aromatic heterocycles. The Bertz CT molecular complexity index is 2740. The van der Waals surface area contributed by atoms with Gasteiger partial charge in [-0.2, -0.15) is 0 Å². The van der Waals surface area contributed by atoms with Crippen molar-refractivity contribution < 1.29 is 191 Å². The summed E-state index contributed by atoms with van der Waals surface area (Å²) in [6.07, 6.45) is -14.9. The number of carbonyl (C=O) groups is 4. The van der Waals surface area contributed by atoms with Crippen LogP contribution in [0, 0.1) is 5.41 Å². The average molecular weight is 1690 g/mol. The summed E-state index contributed by atoms with van der Waals surface area (Å²) < 4.78 is 154. The summed E-state index contributed by atoms with van der Waals surface area (Å²) in [7, 11) is -18.7. The molecule has 3 heterocycles. The minimum atomic E-state index is -4.82. The first-order chi connectivity index (χ1) is 52.8. The van der Waals surface area contributed by atoms with Crippen molar-refractivity contribution in [2.45, 2.75) is 203 Å². The van der Waals surface area contributed by atoms with Crippen LogP contribution >= 0.6 is 31.3 Å². The third kappa shape index (κ3) is 40.6. The molecule has 0 saturated carbocycles. The SMILES string of the molecule is CC(=O)NC1C(OCCCCOP(=O)(O)OCCCOCC(COCCCCCCOP(=O)(O)OC(=O)OCc2ccccc2)(COCCCOP(=O)(O)OCCCCOC2OC(CO)C(O)C(O)C2NC(C)=O)COCCCOP(=O)(O)OCCCCOC2OC(CO)C(O)C(O)C2NC(C)=O)OC(CO)C(O)C1O. The van der Waals surface area contributed by atoms with Crippen LogP contribution in [0.1, 0.15) is 110 Å².